The standard InChI is InChI=1S/C9H12N4O/c1-6(2)3-8(14)13-9(11)7(4-10)5-12-13/h5-6H,3,11H2,1-2H3. The molecule has 0 saturated heterocycles. The van der Waals surface area contributed by atoms with E-state index in [-0.39, 0.29) is 23.2 Å². The van der Waals surface area contributed by atoms with Crippen LogP contribution in [0, 0.1) is 17.2 Å². The molecule has 1 aromatic rings. The zero-order chi connectivity index (χ0) is 10.7. The van der Waals surface area contributed by atoms with Gasteiger partial charge in [0.2, 0.25) is 5.91 Å². The van der Waals surface area contributed by atoms with Crippen molar-refractivity contribution in [3.8, 4) is 6.07 Å². The number of nitriles is 1. The summed E-state index contributed by atoms with van der Waals surface area (Å²) in [7, 11) is 0. The Morgan fingerprint density at radius 2 is 2.43 bits per heavy atom. The first kappa shape index (κ1) is 10.3. The molecule has 0 fully saturated rings. The molecule has 0 aromatic carbocycles. The highest BCUT2D eigenvalue weighted by atomic mass is 16.2. The molecule has 5 heteroatoms. The Kier molecular flexibility index (Phi) is 2.87. The molecule has 0 aliphatic heterocycles. The van der Waals surface area contributed by atoms with Crippen molar-refractivity contribution >= 4 is 11.7 Å². The van der Waals surface area contributed by atoms with Gasteiger partial charge in [0, 0.05) is 6.42 Å². The molecule has 1 aromatic heterocycles. The smallest absolute Gasteiger partial charge is 0.249 e. The van der Waals surface area contributed by atoms with Gasteiger partial charge in [-0.1, -0.05) is 13.8 Å². The van der Waals surface area contributed by atoms with Gasteiger partial charge in [0.25, 0.3) is 0 Å². The Balaban J connectivity index is 2.92. The maximum atomic E-state index is 11.5. The summed E-state index contributed by atoms with van der Waals surface area (Å²) in [5, 5.41) is 12.4. The maximum Gasteiger partial charge on any atom is 0.249 e. The van der Waals surface area contributed by atoms with Crippen LogP contribution in [0.25, 0.3) is 0 Å². The maximum absolute atomic E-state index is 11.5. The Bertz CT molecular complexity index is 386. The molecule has 0 saturated carbocycles. The van der Waals surface area contributed by atoms with Crippen LogP contribution < -0.4 is 5.73 Å². The lowest BCUT2D eigenvalue weighted by Crippen LogP contribution is -2.16. The van der Waals surface area contributed by atoms with Crippen LogP contribution in [0.15, 0.2) is 6.20 Å². The molecular formula is C9H12N4O. The summed E-state index contributed by atoms with van der Waals surface area (Å²) in [5.41, 5.74) is 5.79. The van der Waals surface area contributed by atoms with E-state index in [2.05, 4.69) is 5.10 Å². The number of carbonyl (C=O) groups excluding carboxylic acids is 1. The van der Waals surface area contributed by atoms with Gasteiger partial charge in [-0.15, -0.1) is 0 Å². The van der Waals surface area contributed by atoms with Crippen LogP contribution in [0.2, 0.25) is 0 Å². The number of hydrogen-bond acceptors (Lipinski definition) is 4. The summed E-state index contributed by atoms with van der Waals surface area (Å²) in [6, 6.07) is 1.86. The van der Waals surface area contributed by atoms with Gasteiger partial charge in [0.1, 0.15) is 17.5 Å². The number of hydrogen-bond donors (Lipinski definition) is 1. The van der Waals surface area contributed by atoms with Gasteiger partial charge in [-0.25, -0.2) is 0 Å². The number of rotatable bonds is 2. The van der Waals surface area contributed by atoms with Gasteiger partial charge in [0.05, 0.1) is 6.20 Å². The van der Waals surface area contributed by atoms with Gasteiger partial charge < -0.3 is 5.73 Å². The summed E-state index contributed by atoms with van der Waals surface area (Å²) < 4.78 is 1.08. The second kappa shape index (κ2) is 3.92. The van der Waals surface area contributed by atoms with E-state index in [4.69, 9.17) is 11.0 Å². The van der Waals surface area contributed by atoms with Gasteiger partial charge in [0.15, 0.2) is 0 Å². The zero-order valence-corrected chi connectivity index (χ0v) is 8.19. The number of carbonyl (C=O) groups is 1. The normalized spacial score (nSPS) is 10.1. The molecule has 1 rings (SSSR count). The third-order valence-electron chi connectivity index (χ3n) is 1.75. The fourth-order valence-electron chi connectivity index (χ4n) is 1.08. The van der Waals surface area contributed by atoms with Crippen LogP contribution in [-0.4, -0.2) is 15.7 Å². The van der Waals surface area contributed by atoms with E-state index in [1.54, 1.807) is 0 Å². The van der Waals surface area contributed by atoms with Crippen LogP contribution in [0.5, 0.6) is 0 Å². The molecule has 5 nitrogen and oxygen atoms in total. The average Bonchev–Trinajstić information content (AvgIpc) is 2.45. The van der Waals surface area contributed by atoms with Crippen LogP contribution in [0.3, 0.4) is 0 Å². The lowest BCUT2D eigenvalue weighted by molar-refractivity contribution is 0.0874. The first-order chi connectivity index (χ1) is 6.56. The molecule has 14 heavy (non-hydrogen) atoms. The Morgan fingerprint density at radius 3 is 2.86 bits per heavy atom. The minimum absolute atomic E-state index is 0.123. The minimum atomic E-state index is -0.181. The molecule has 0 amide bonds. The highest BCUT2D eigenvalue weighted by molar-refractivity contribution is 5.82. The molecule has 0 spiro atoms. The van der Waals surface area contributed by atoms with Crippen LogP contribution >= 0.6 is 0 Å². The number of aromatic nitrogens is 2. The molecule has 0 unspecified atom stereocenters. The molecule has 2 N–H and O–H groups in total. The van der Waals surface area contributed by atoms with E-state index in [1.165, 1.54) is 6.20 Å². The van der Waals surface area contributed by atoms with Crippen molar-refractivity contribution in [2.24, 2.45) is 5.92 Å². The van der Waals surface area contributed by atoms with E-state index in [1.807, 2.05) is 19.9 Å². The van der Waals surface area contributed by atoms with E-state index in [0.29, 0.717) is 6.42 Å². The highest BCUT2D eigenvalue weighted by Gasteiger charge is 2.14. The molecule has 0 aliphatic rings. The predicted molar refractivity (Wildman–Crippen MR) is 51.4 cm³/mol. The largest absolute Gasteiger partial charge is 0.382 e. The van der Waals surface area contributed by atoms with Crippen molar-refractivity contribution < 1.29 is 4.79 Å². The van der Waals surface area contributed by atoms with Crippen LogP contribution in [0.4, 0.5) is 5.82 Å². The summed E-state index contributed by atoms with van der Waals surface area (Å²) in [5.74, 6) is 0.189. The van der Waals surface area contributed by atoms with Crippen LogP contribution in [-0.2, 0) is 0 Å². The highest BCUT2D eigenvalue weighted by Crippen LogP contribution is 2.11. The van der Waals surface area contributed by atoms with Crippen molar-refractivity contribution in [3.63, 3.8) is 0 Å². The van der Waals surface area contributed by atoms with E-state index < -0.39 is 0 Å². The topological polar surface area (TPSA) is 84.7 Å². The third kappa shape index (κ3) is 1.91. The van der Waals surface area contributed by atoms with Crippen molar-refractivity contribution in [2.45, 2.75) is 20.3 Å². The molecule has 1 heterocycles. The number of nitrogen functional groups attached to an aromatic ring is 1. The lowest BCUT2D eigenvalue weighted by Gasteiger charge is -2.04. The first-order valence-electron chi connectivity index (χ1n) is 4.33. The predicted octanol–water partition coefficient (Wildman–Crippen LogP) is 1.02. The summed E-state index contributed by atoms with van der Waals surface area (Å²) in [6.45, 7) is 3.87. The molecule has 0 radical (unpaired) electrons. The lowest BCUT2D eigenvalue weighted by atomic mass is 10.1. The fraction of sp³-hybridized carbons (Fsp3) is 0.444. The molecule has 74 valence electrons. The second-order valence-corrected chi connectivity index (χ2v) is 3.46. The van der Waals surface area contributed by atoms with Crippen molar-refractivity contribution in [3.05, 3.63) is 11.8 Å². The number of anilines is 1. The van der Waals surface area contributed by atoms with Gasteiger partial charge in [-0.05, 0) is 5.92 Å². The van der Waals surface area contributed by atoms with Gasteiger partial charge in [-0.3, -0.25) is 4.79 Å². The van der Waals surface area contributed by atoms with Crippen molar-refractivity contribution in [2.75, 3.05) is 5.73 Å². The van der Waals surface area contributed by atoms with Crippen molar-refractivity contribution in [1.82, 2.24) is 9.78 Å². The Hall–Kier alpha value is -1.83. The number of nitrogens with two attached hydrogens (primary N) is 1. The minimum Gasteiger partial charge on any atom is -0.382 e. The zero-order valence-electron chi connectivity index (χ0n) is 8.19. The van der Waals surface area contributed by atoms with Crippen molar-refractivity contribution in [1.29, 1.82) is 5.26 Å². The molecule has 0 bridgehead atoms. The number of nitrogens with zero attached hydrogens (tertiary/aromatic N) is 3. The van der Waals surface area contributed by atoms with Crippen LogP contribution in [0.1, 0.15) is 30.6 Å². The summed E-state index contributed by atoms with van der Waals surface area (Å²) >= 11 is 0. The average molecular weight is 192 g/mol. The summed E-state index contributed by atoms with van der Waals surface area (Å²) in [4.78, 5) is 11.5. The first-order valence-corrected chi connectivity index (χ1v) is 4.33. The third-order valence-corrected chi connectivity index (χ3v) is 1.75. The molecular weight excluding hydrogens is 180 g/mol. The molecule has 0 atom stereocenters. The SMILES string of the molecule is CC(C)CC(=O)n1ncc(C#N)c1N. The van der Waals surface area contributed by atoms with E-state index >= 15 is 0 Å². The molecule has 0 aliphatic carbocycles. The van der Waals surface area contributed by atoms with Gasteiger partial charge >= 0.3 is 0 Å². The monoisotopic (exact) mass is 192 g/mol. The Morgan fingerprint density at radius 1 is 1.79 bits per heavy atom. The summed E-state index contributed by atoms with van der Waals surface area (Å²) in [6.07, 6.45) is 1.67. The fourth-order valence-corrected chi connectivity index (χ4v) is 1.08. The van der Waals surface area contributed by atoms with E-state index in [0.717, 1.165) is 4.68 Å². The van der Waals surface area contributed by atoms with E-state index in [9.17, 15) is 4.79 Å². The quantitative estimate of drug-likeness (QED) is 0.758. The second-order valence-electron chi connectivity index (χ2n) is 3.46. The Labute approximate surface area is 82.1 Å². The van der Waals surface area contributed by atoms with Gasteiger partial charge in [-0.2, -0.15) is 15.0 Å².